The van der Waals surface area contributed by atoms with E-state index < -0.39 is 0 Å². The van der Waals surface area contributed by atoms with Crippen LogP contribution in [-0.4, -0.2) is 11.4 Å². The Hall–Kier alpha value is -0.830. The predicted octanol–water partition coefficient (Wildman–Crippen LogP) is 4.07. The van der Waals surface area contributed by atoms with Gasteiger partial charge in [-0.3, -0.25) is 4.79 Å². The van der Waals surface area contributed by atoms with E-state index in [1.807, 2.05) is 25.1 Å². The third-order valence-electron chi connectivity index (χ3n) is 2.70. The quantitative estimate of drug-likeness (QED) is 0.892. The first-order valence-corrected chi connectivity index (χ1v) is 6.73. The lowest BCUT2D eigenvalue weighted by Gasteiger charge is -2.26. The molecule has 0 saturated heterocycles. The van der Waals surface area contributed by atoms with Crippen LogP contribution >= 0.6 is 15.9 Å². The fraction of sp³-hybridized carbons (Fsp3) is 0.500. The molecule has 1 N–H and O–H groups in total. The number of nitrogens with one attached hydrogen (secondary N) is 1. The Kier molecular flexibility index (Phi) is 4.75. The molecule has 1 rings (SSSR count). The molecule has 0 aliphatic heterocycles. The van der Waals surface area contributed by atoms with Gasteiger partial charge in [-0.05, 0) is 60.8 Å². The van der Waals surface area contributed by atoms with Crippen LogP contribution < -0.4 is 5.32 Å². The highest BCUT2D eigenvalue weighted by molar-refractivity contribution is 9.10. The van der Waals surface area contributed by atoms with Gasteiger partial charge < -0.3 is 5.32 Å². The van der Waals surface area contributed by atoms with Crippen molar-refractivity contribution in [2.45, 2.75) is 46.1 Å². The summed E-state index contributed by atoms with van der Waals surface area (Å²) in [6, 6.07) is 5.77. The Morgan fingerprint density at radius 3 is 2.59 bits per heavy atom. The maximum absolute atomic E-state index is 12.1. The standard InChI is InChI=1S/C14H20BrNO/c1-5-8-14(3,4)16-13(17)11-7-6-10(2)9-12(11)15/h6-7,9H,5,8H2,1-4H3,(H,16,17). The largest absolute Gasteiger partial charge is 0.347 e. The van der Waals surface area contributed by atoms with Crippen molar-refractivity contribution in [2.24, 2.45) is 0 Å². The normalized spacial score (nSPS) is 11.4. The Labute approximate surface area is 112 Å². The Balaban J connectivity index is 2.83. The summed E-state index contributed by atoms with van der Waals surface area (Å²) in [6.07, 6.45) is 2.03. The van der Waals surface area contributed by atoms with Gasteiger partial charge in [-0.2, -0.15) is 0 Å². The van der Waals surface area contributed by atoms with Gasteiger partial charge in [0.05, 0.1) is 5.56 Å². The van der Waals surface area contributed by atoms with Crippen molar-refractivity contribution in [3.8, 4) is 0 Å². The van der Waals surface area contributed by atoms with Gasteiger partial charge in [-0.1, -0.05) is 19.4 Å². The number of aryl methyl sites for hydroxylation is 1. The van der Waals surface area contributed by atoms with E-state index in [0.29, 0.717) is 5.56 Å². The number of carbonyl (C=O) groups is 1. The van der Waals surface area contributed by atoms with Gasteiger partial charge in [-0.25, -0.2) is 0 Å². The first-order chi connectivity index (χ1) is 7.85. The highest BCUT2D eigenvalue weighted by atomic mass is 79.9. The summed E-state index contributed by atoms with van der Waals surface area (Å²) < 4.78 is 0.849. The fourth-order valence-electron chi connectivity index (χ4n) is 1.87. The molecule has 2 nitrogen and oxygen atoms in total. The number of halogens is 1. The molecule has 17 heavy (non-hydrogen) atoms. The van der Waals surface area contributed by atoms with Crippen molar-refractivity contribution >= 4 is 21.8 Å². The van der Waals surface area contributed by atoms with Crippen molar-refractivity contribution in [3.05, 3.63) is 33.8 Å². The van der Waals surface area contributed by atoms with Crippen molar-refractivity contribution < 1.29 is 4.79 Å². The van der Waals surface area contributed by atoms with E-state index in [9.17, 15) is 4.79 Å². The first kappa shape index (κ1) is 14.2. The molecule has 0 atom stereocenters. The van der Waals surface area contributed by atoms with Crippen LogP contribution in [0.2, 0.25) is 0 Å². The van der Waals surface area contributed by atoms with E-state index in [1.165, 1.54) is 0 Å². The van der Waals surface area contributed by atoms with Crippen LogP contribution in [-0.2, 0) is 0 Å². The number of rotatable bonds is 4. The van der Waals surface area contributed by atoms with Crippen LogP contribution in [0.4, 0.5) is 0 Å². The second kappa shape index (κ2) is 5.67. The zero-order chi connectivity index (χ0) is 13.1. The molecule has 0 saturated carbocycles. The van der Waals surface area contributed by atoms with E-state index in [0.717, 1.165) is 22.9 Å². The summed E-state index contributed by atoms with van der Waals surface area (Å²) >= 11 is 3.43. The summed E-state index contributed by atoms with van der Waals surface area (Å²) in [6.45, 7) is 8.23. The van der Waals surface area contributed by atoms with Gasteiger partial charge in [0, 0.05) is 10.0 Å². The molecule has 94 valence electrons. The minimum Gasteiger partial charge on any atom is -0.347 e. The van der Waals surface area contributed by atoms with Gasteiger partial charge in [0.25, 0.3) is 5.91 Å². The summed E-state index contributed by atoms with van der Waals surface area (Å²) in [4.78, 5) is 12.1. The molecule has 3 heteroatoms. The fourth-order valence-corrected chi connectivity index (χ4v) is 2.54. The number of carbonyl (C=O) groups excluding carboxylic acids is 1. The van der Waals surface area contributed by atoms with Gasteiger partial charge in [0.2, 0.25) is 0 Å². The molecule has 1 aromatic carbocycles. The third-order valence-corrected chi connectivity index (χ3v) is 3.35. The number of amides is 1. The SMILES string of the molecule is CCCC(C)(C)NC(=O)c1ccc(C)cc1Br. The summed E-state index contributed by atoms with van der Waals surface area (Å²) in [7, 11) is 0. The smallest absolute Gasteiger partial charge is 0.252 e. The van der Waals surface area contributed by atoms with E-state index in [2.05, 4.69) is 42.0 Å². The monoisotopic (exact) mass is 297 g/mol. The zero-order valence-electron chi connectivity index (χ0n) is 10.9. The van der Waals surface area contributed by atoms with Gasteiger partial charge in [0.15, 0.2) is 0 Å². The van der Waals surface area contributed by atoms with Gasteiger partial charge >= 0.3 is 0 Å². The minimum absolute atomic E-state index is 0.0182. The average molecular weight is 298 g/mol. The first-order valence-electron chi connectivity index (χ1n) is 5.94. The molecule has 0 bridgehead atoms. The highest BCUT2D eigenvalue weighted by Crippen LogP contribution is 2.20. The molecule has 0 aromatic heterocycles. The van der Waals surface area contributed by atoms with E-state index in [1.54, 1.807) is 0 Å². The Bertz CT molecular complexity index is 413. The summed E-state index contributed by atoms with van der Waals surface area (Å²) in [5.74, 6) is -0.0182. The maximum atomic E-state index is 12.1. The van der Waals surface area contributed by atoms with Crippen LogP contribution in [0, 0.1) is 6.92 Å². The van der Waals surface area contributed by atoms with Crippen LogP contribution in [0.25, 0.3) is 0 Å². The molecule has 0 heterocycles. The van der Waals surface area contributed by atoms with Crippen molar-refractivity contribution in [1.29, 1.82) is 0 Å². The van der Waals surface area contributed by atoms with E-state index in [-0.39, 0.29) is 11.4 Å². The topological polar surface area (TPSA) is 29.1 Å². The molecule has 0 fully saturated rings. The maximum Gasteiger partial charge on any atom is 0.252 e. The van der Waals surface area contributed by atoms with E-state index in [4.69, 9.17) is 0 Å². The third kappa shape index (κ3) is 4.15. The Morgan fingerprint density at radius 1 is 1.41 bits per heavy atom. The Morgan fingerprint density at radius 2 is 2.06 bits per heavy atom. The molecular formula is C14H20BrNO. The van der Waals surface area contributed by atoms with Crippen LogP contribution in [0.3, 0.4) is 0 Å². The molecule has 0 radical (unpaired) electrons. The molecular weight excluding hydrogens is 278 g/mol. The zero-order valence-corrected chi connectivity index (χ0v) is 12.5. The molecule has 0 spiro atoms. The highest BCUT2D eigenvalue weighted by Gasteiger charge is 2.21. The summed E-state index contributed by atoms with van der Waals surface area (Å²) in [5, 5.41) is 3.06. The second-order valence-corrected chi connectivity index (χ2v) is 5.93. The number of benzene rings is 1. The lowest BCUT2D eigenvalue weighted by Crippen LogP contribution is -2.43. The minimum atomic E-state index is -0.157. The van der Waals surface area contributed by atoms with Gasteiger partial charge in [0.1, 0.15) is 0 Å². The molecule has 0 unspecified atom stereocenters. The molecule has 0 aliphatic carbocycles. The second-order valence-electron chi connectivity index (χ2n) is 5.07. The molecule has 1 aromatic rings. The average Bonchev–Trinajstić information content (AvgIpc) is 2.15. The lowest BCUT2D eigenvalue weighted by molar-refractivity contribution is 0.0908. The number of hydrogen-bond acceptors (Lipinski definition) is 1. The van der Waals surface area contributed by atoms with Crippen LogP contribution in [0.15, 0.2) is 22.7 Å². The van der Waals surface area contributed by atoms with Crippen molar-refractivity contribution in [2.75, 3.05) is 0 Å². The van der Waals surface area contributed by atoms with Crippen molar-refractivity contribution in [1.82, 2.24) is 5.32 Å². The molecule has 0 aliphatic rings. The van der Waals surface area contributed by atoms with E-state index >= 15 is 0 Å². The van der Waals surface area contributed by atoms with Crippen molar-refractivity contribution in [3.63, 3.8) is 0 Å². The van der Waals surface area contributed by atoms with Crippen LogP contribution in [0.1, 0.15) is 49.5 Å². The van der Waals surface area contributed by atoms with Crippen LogP contribution in [0.5, 0.6) is 0 Å². The van der Waals surface area contributed by atoms with Gasteiger partial charge in [-0.15, -0.1) is 0 Å². The lowest BCUT2D eigenvalue weighted by atomic mass is 9.98. The predicted molar refractivity (Wildman–Crippen MR) is 75.3 cm³/mol. The number of hydrogen-bond donors (Lipinski definition) is 1. The molecule has 1 amide bonds. The summed E-state index contributed by atoms with van der Waals surface area (Å²) in [5.41, 5.74) is 1.68.